The van der Waals surface area contributed by atoms with Crippen LogP contribution in [-0.4, -0.2) is 55.7 Å². The minimum atomic E-state index is 0.847. The lowest BCUT2D eigenvalue weighted by Gasteiger charge is -2.05. The highest BCUT2D eigenvalue weighted by molar-refractivity contribution is 6.00. The fourth-order valence-corrected chi connectivity index (χ4v) is 2.65. The molecule has 0 radical (unpaired) electrons. The van der Waals surface area contributed by atoms with E-state index in [2.05, 4.69) is 20.6 Å². The summed E-state index contributed by atoms with van der Waals surface area (Å²) in [5.74, 6) is 0. The van der Waals surface area contributed by atoms with Gasteiger partial charge in [-0.2, -0.15) is 0 Å². The van der Waals surface area contributed by atoms with Crippen LogP contribution in [0.4, 0.5) is 0 Å². The van der Waals surface area contributed by atoms with E-state index in [9.17, 15) is 0 Å². The molecule has 132 valence electrons. The first-order valence-corrected chi connectivity index (χ1v) is 9.19. The molecule has 1 aromatic rings. The van der Waals surface area contributed by atoms with Gasteiger partial charge in [-0.05, 0) is 77.8 Å². The predicted octanol–water partition coefficient (Wildman–Crippen LogP) is 2.45. The average molecular weight is 329 g/mol. The Bertz CT molecular complexity index is 505. The van der Waals surface area contributed by atoms with Crippen molar-refractivity contribution in [3.63, 3.8) is 0 Å². The van der Waals surface area contributed by atoms with Gasteiger partial charge in [0.05, 0.1) is 22.8 Å². The van der Waals surface area contributed by atoms with Crippen LogP contribution in [0.5, 0.6) is 0 Å². The van der Waals surface area contributed by atoms with E-state index >= 15 is 0 Å². The molecule has 0 spiro atoms. The lowest BCUT2D eigenvalue weighted by atomic mass is 10.2. The van der Waals surface area contributed by atoms with E-state index in [4.69, 9.17) is 4.98 Å². The van der Waals surface area contributed by atoms with Crippen LogP contribution >= 0.6 is 0 Å². The second-order valence-corrected chi connectivity index (χ2v) is 6.26. The van der Waals surface area contributed by atoms with Crippen LogP contribution < -0.4 is 10.6 Å². The Balaban J connectivity index is 2.04. The molecule has 2 heterocycles. The van der Waals surface area contributed by atoms with Gasteiger partial charge in [0, 0.05) is 13.1 Å². The van der Waals surface area contributed by atoms with E-state index < -0.39 is 0 Å². The summed E-state index contributed by atoms with van der Waals surface area (Å²) in [5, 5.41) is 6.99. The zero-order valence-electron chi connectivity index (χ0n) is 15.1. The molecule has 5 nitrogen and oxygen atoms in total. The van der Waals surface area contributed by atoms with Gasteiger partial charge in [-0.1, -0.05) is 6.07 Å². The van der Waals surface area contributed by atoms with Crippen molar-refractivity contribution in [3.8, 4) is 0 Å². The monoisotopic (exact) mass is 329 g/mol. The Labute approximate surface area is 146 Å². The molecule has 5 heteroatoms. The van der Waals surface area contributed by atoms with Crippen molar-refractivity contribution in [1.82, 2.24) is 15.6 Å². The maximum absolute atomic E-state index is 4.72. The molecule has 24 heavy (non-hydrogen) atoms. The summed E-state index contributed by atoms with van der Waals surface area (Å²) in [7, 11) is 0. The number of rotatable bonds is 0. The van der Waals surface area contributed by atoms with Gasteiger partial charge in [-0.15, -0.1) is 0 Å². The molecule has 2 N–H and O–H groups in total. The first-order chi connectivity index (χ1) is 11.8. The number of aliphatic imine (C=N–C) groups is 2. The van der Waals surface area contributed by atoms with Crippen LogP contribution in [0.25, 0.3) is 0 Å². The highest BCUT2D eigenvalue weighted by atomic mass is 14.9. The van der Waals surface area contributed by atoms with Crippen molar-refractivity contribution in [2.24, 2.45) is 9.98 Å². The molecule has 0 fully saturated rings. The van der Waals surface area contributed by atoms with Crippen LogP contribution in [-0.2, 0) is 0 Å². The van der Waals surface area contributed by atoms with Gasteiger partial charge in [0.2, 0.25) is 0 Å². The number of nitrogens with zero attached hydrogens (tertiary/aromatic N) is 3. The van der Waals surface area contributed by atoms with Gasteiger partial charge < -0.3 is 10.6 Å². The number of pyridine rings is 1. The third-order valence-electron chi connectivity index (χ3n) is 4.17. The molecule has 0 aliphatic carbocycles. The van der Waals surface area contributed by atoms with Crippen LogP contribution in [0.1, 0.15) is 50.9 Å². The molecule has 0 saturated heterocycles. The van der Waals surface area contributed by atoms with Gasteiger partial charge in [-0.25, -0.2) is 4.98 Å². The number of hydrogen-bond donors (Lipinski definition) is 2. The van der Waals surface area contributed by atoms with E-state index in [1.807, 2.05) is 32.0 Å². The maximum atomic E-state index is 4.72. The Hall–Kier alpha value is -1.59. The lowest BCUT2D eigenvalue weighted by molar-refractivity contribution is 0.570. The summed E-state index contributed by atoms with van der Waals surface area (Å²) in [6.07, 6.45) is 4.58. The van der Waals surface area contributed by atoms with Gasteiger partial charge in [0.1, 0.15) is 0 Å². The standard InChI is InChI=1S/C19H31N5/c1-16-18-8-5-9-19(24-18)17(2)23-15-7-13-21-11-4-3-10-20-12-6-14-22-16/h5,8-9,20-21H,3-4,6-7,10-15H2,1-2H3. The van der Waals surface area contributed by atoms with Gasteiger partial charge in [0.25, 0.3) is 0 Å². The SMILES string of the molecule is CC1=NCCCNCCCCNCCCN=C(C)c2cccc1n2. The Morgan fingerprint density at radius 1 is 0.708 bits per heavy atom. The van der Waals surface area contributed by atoms with Crippen molar-refractivity contribution < 1.29 is 0 Å². The molecule has 0 amide bonds. The van der Waals surface area contributed by atoms with Crippen molar-refractivity contribution >= 4 is 11.4 Å². The van der Waals surface area contributed by atoms with E-state index in [-0.39, 0.29) is 0 Å². The molecule has 2 bridgehead atoms. The fraction of sp³-hybridized carbons (Fsp3) is 0.632. The summed E-state index contributed by atoms with van der Waals surface area (Å²) < 4.78 is 0. The molecule has 0 atom stereocenters. The zero-order valence-corrected chi connectivity index (χ0v) is 15.1. The van der Waals surface area contributed by atoms with Gasteiger partial charge in [-0.3, -0.25) is 9.98 Å². The minimum Gasteiger partial charge on any atom is -0.317 e. The molecular weight excluding hydrogens is 298 g/mol. The normalized spacial score (nSPS) is 19.4. The highest BCUT2D eigenvalue weighted by Gasteiger charge is 2.04. The Morgan fingerprint density at radius 3 is 1.67 bits per heavy atom. The molecule has 2 rings (SSSR count). The molecule has 1 aliphatic heterocycles. The third kappa shape index (κ3) is 6.89. The topological polar surface area (TPSA) is 61.7 Å². The molecule has 0 unspecified atom stereocenters. The van der Waals surface area contributed by atoms with Crippen molar-refractivity contribution in [3.05, 3.63) is 29.6 Å². The molecule has 0 saturated carbocycles. The Morgan fingerprint density at radius 2 is 1.17 bits per heavy atom. The smallest absolute Gasteiger partial charge is 0.0845 e. The quantitative estimate of drug-likeness (QED) is 0.768. The fourth-order valence-electron chi connectivity index (χ4n) is 2.65. The van der Waals surface area contributed by atoms with Crippen molar-refractivity contribution in [2.45, 2.75) is 39.5 Å². The average Bonchev–Trinajstić information content (AvgIpc) is 2.61. The van der Waals surface area contributed by atoms with Gasteiger partial charge >= 0.3 is 0 Å². The molecule has 0 aromatic carbocycles. The van der Waals surface area contributed by atoms with Gasteiger partial charge in [0.15, 0.2) is 0 Å². The van der Waals surface area contributed by atoms with Crippen molar-refractivity contribution in [2.75, 3.05) is 39.3 Å². The molecule has 1 aliphatic rings. The minimum absolute atomic E-state index is 0.847. The maximum Gasteiger partial charge on any atom is 0.0845 e. The van der Waals surface area contributed by atoms with Crippen LogP contribution in [0, 0.1) is 0 Å². The summed E-state index contributed by atoms with van der Waals surface area (Å²) in [4.78, 5) is 14.1. The van der Waals surface area contributed by atoms with Crippen LogP contribution in [0.2, 0.25) is 0 Å². The largest absolute Gasteiger partial charge is 0.317 e. The van der Waals surface area contributed by atoms with Crippen molar-refractivity contribution in [1.29, 1.82) is 0 Å². The van der Waals surface area contributed by atoms with E-state index in [0.717, 1.165) is 74.9 Å². The number of hydrogen-bond acceptors (Lipinski definition) is 5. The first kappa shape index (κ1) is 18.7. The van der Waals surface area contributed by atoms with E-state index in [0.29, 0.717) is 0 Å². The summed E-state index contributed by atoms with van der Waals surface area (Å²) in [6.45, 7) is 10.0. The zero-order chi connectivity index (χ0) is 17.0. The first-order valence-electron chi connectivity index (χ1n) is 9.19. The second-order valence-electron chi connectivity index (χ2n) is 6.26. The summed E-state index contributed by atoms with van der Waals surface area (Å²) in [5.41, 5.74) is 3.92. The molecule has 1 aromatic heterocycles. The lowest BCUT2D eigenvalue weighted by Crippen LogP contribution is -2.21. The highest BCUT2D eigenvalue weighted by Crippen LogP contribution is 2.04. The van der Waals surface area contributed by atoms with Crippen LogP contribution in [0.3, 0.4) is 0 Å². The van der Waals surface area contributed by atoms with E-state index in [1.54, 1.807) is 0 Å². The second kappa shape index (κ2) is 11.0. The van der Waals surface area contributed by atoms with Crippen LogP contribution in [0.15, 0.2) is 28.2 Å². The number of fused-ring (bicyclic) bond motifs is 2. The Kier molecular flexibility index (Phi) is 8.63. The number of aromatic nitrogens is 1. The third-order valence-corrected chi connectivity index (χ3v) is 4.17. The predicted molar refractivity (Wildman–Crippen MR) is 103 cm³/mol. The van der Waals surface area contributed by atoms with E-state index in [1.165, 1.54) is 12.8 Å². The summed E-state index contributed by atoms with van der Waals surface area (Å²) >= 11 is 0. The number of nitrogens with one attached hydrogen (secondary N) is 2. The molecular formula is C19H31N5. The summed E-state index contributed by atoms with van der Waals surface area (Å²) in [6, 6.07) is 6.10.